The average molecular weight is 256 g/mol. The van der Waals surface area contributed by atoms with Gasteiger partial charge in [0.2, 0.25) is 11.6 Å². The molecular formula is C16H16O3. The van der Waals surface area contributed by atoms with E-state index in [1.165, 1.54) is 0 Å². The number of rotatable bonds is 4. The van der Waals surface area contributed by atoms with E-state index in [0.29, 0.717) is 5.56 Å². The van der Waals surface area contributed by atoms with E-state index < -0.39 is 11.6 Å². The molecule has 2 rings (SSSR count). The summed E-state index contributed by atoms with van der Waals surface area (Å²) < 4.78 is 0. The third-order valence-corrected chi connectivity index (χ3v) is 3.14. The Morgan fingerprint density at radius 2 is 1.79 bits per heavy atom. The van der Waals surface area contributed by atoms with Gasteiger partial charge in [-0.25, -0.2) is 0 Å². The Labute approximate surface area is 112 Å². The molecule has 1 aliphatic carbocycles. The summed E-state index contributed by atoms with van der Waals surface area (Å²) in [5.41, 5.74) is 0.803. The Morgan fingerprint density at radius 1 is 1.11 bits per heavy atom. The lowest BCUT2D eigenvalue weighted by Crippen LogP contribution is -2.23. The number of hydrogen-bond acceptors (Lipinski definition) is 3. The predicted molar refractivity (Wildman–Crippen MR) is 74.0 cm³/mol. The monoisotopic (exact) mass is 256 g/mol. The summed E-state index contributed by atoms with van der Waals surface area (Å²) in [4.78, 5) is 23.9. The smallest absolute Gasteiger partial charge is 0.237 e. The van der Waals surface area contributed by atoms with Gasteiger partial charge >= 0.3 is 0 Å². The standard InChI is InChI=1S/C16H16O3/c1-2-3-4-5-10-13-14(17)11-8-6-7-9-12(11)15(18)16(13)19/h5-10,17H,2-4H2,1H3. The van der Waals surface area contributed by atoms with Gasteiger partial charge in [0.05, 0.1) is 5.57 Å². The zero-order valence-electron chi connectivity index (χ0n) is 10.8. The highest BCUT2D eigenvalue weighted by atomic mass is 16.3. The number of fused-ring (bicyclic) bond motifs is 1. The number of aliphatic hydroxyl groups excluding tert-OH is 1. The van der Waals surface area contributed by atoms with Crippen LogP contribution in [0.25, 0.3) is 5.76 Å². The number of carbonyl (C=O) groups excluding carboxylic acids is 2. The summed E-state index contributed by atoms with van der Waals surface area (Å²) in [7, 11) is 0. The number of hydrogen-bond donors (Lipinski definition) is 1. The molecule has 0 saturated carbocycles. The SMILES string of the molecule is CCCCC=CC1=C(O)c2ccccc2C(=O)C1=O. The normalized spacial score (nSPS) is 15.2. The molecule has 0 saturated heterocycles. The lowest BCUT2D eigenvalue weighted by Gasteiger charge is -2.15. The van der Waals surface area contributed by atoms with Crippen LogP contribution < -0.4 is 0 Å². The van der Waals surface area contributed by atoms with Crippen LogP contribution in [0.1, 0.15) is 42.1 Å². The highest BCUT2D eigenvalue weighted by Crippen LogP contribution is 2.28. The quantitative estimate of drug-likeness (QED) is 0.663. The van der Waals surface area contributed by atoms with Crippen molar-refractivity contribution in [3.8, 4) is 0 Å². The number of allylic oxidation sites excluding steroid dienone is 3. The maximum absolute atomic E-state index is 11.9. The zero-order chi connectivity index (χ0) is 13.8. The zero-order valence-corrected chi connectivity index (χ0v) is 10.8. The van der Waals surface area contributed by atoms with Crippen molar-refractivity contribution in [3.05, 3.63) is 53.1 Å². The Morgan fingerprint density at radius 3 is 2.47 bits per heavy atom. The molecule has 0 atom stereocenters. The van der Waals surface area contributed by atoms with Crippen LogP contribution in [-0.4, -0.2) is 16.7 Å². The number of aliphatic hydroxyl groups is 1. The van der Waals surface area contributed by atoms with Gasteiger partial charge in [-0.05, 0) is 6.42 Å². The average Bonchev–Trinajstić information content (AvgIpc) is 2.44. The van der Waals surface area contributed by atoms with Crippen molar-refractivity contribution in [2.75, 3.05) is 0 Å². The van der Waals surface area contributed by atoms with Gasteiger partial charge in [0.1, 0.15) is 5.76 Å². The minimum absolute atomic E-state index is 0.0970. The maximum Gasteiger partial charge on any atom is 0.237 e. The minimum Gasteiger partial charge on any atom is -0.507 e. The van der Waals surface area contributed by atoms with Crippen molar-refractivity contribution in [1.29, 1.82) is 0 Å². The molecule has 1 aromatic carbocycles. The molecule has 1 aromatic rings. The third kappa shape index (κ3) is 2.50. The van der Waals surface area contributed by atoms with E-state index in [9.17, 15) is 14.7 Å². The minimum atomic E-state index is -0.635. The molecule has 1 N–H and O–H groups in total. The van der Waals surface area contributed by atoms with Gasteiger partial charge in [-0.1, -0.05) is 56.2 Å². The molecule has 0 heterocycles. The molecular weight excluding hydrogens is 240 g/mol. The lowest BCUT2D eigenvalue weighted by molar-refractivity contribution is -0.111. The van der Waals surface area contributed by atoms with E-state index in [1.807, 2.05) is 6.08 Å². The van der Waals surface area contributed by atoms with E-state index in [0.717, 1.165) is 19.3 Å². The van der Waals surface area contributed by atoms with Crippen LogP contribution in [0.4, 0.5) is 0 Å². The van der Waals surface area contributed by atoms with Crippen molar-refractivity contribution >= 4 is 17.3 Å². The molecule has 3 nitrogen and oxygen atoms in total. The van der Waals surface area contributed by atoms with E-state index in [1.54, 1.807) is 30.3 Å². The molecule has 0 unspecified atom stereocenters. The Kier molecular flexibility index (Phi) is 3.95. The fraction of sp³-hybridized carbons (Fsp3) is 0.250. The fourth-order valence-electron chi connectivity index (χ4n) is 2.06. The van der Waals surface area contributed by atoms with Crippen LogP contribution in [0.5, 0.6) is 0 Å². The van der Waals surface area contributed by atoms with Gasteiger partial charge in [0, 0.05) is 11.1 Å². The second kappa shape index (κ2) is 5.65. The molecule has 0 amide bonds. The molecule has 1 aliphatic rings. The van der Waals surface area contributed by atoms with Gasteiger partial charge in [0.15, 0.2) is 0 Å². The summed E-state index contributed by atoms with van der Waals surface area (Å²) >= 11 is 0. The number of unbranched alkanes of at least 4 members (excludes halogenated alkanes) is 2. The van der Waals surface area contributed by atoms with E-state index >= 15 is 0 Å². The van der Waals surface area contributed by atoms with Crippen molar-refractivity contribution in [2.45, 2.75) is 26.2 Å². The van der Waals surface area contributed by atoms with Gasteiger partial charge in [0.25, 0.3) is 0 Å². The summed E-state index contributed by atoms with van der Waals surface area (Å²) in [5.74, 6) is -1.29. The third-order valence-electron chi connectivity index (χ3n) is 3.14. The van der Waals surface area contributed by atoms with Crippen LogP contribution in [-0.2, 0) is 4.79 Å². The lowest BCUT2D eigenvalue weighted by atomic mass is 9.88. The van der Waals surface area contributed by atoms with Gasteiger partial charge in [-0.15, -0.1) is 0 Å². The first-order valence-electron chi connectivity index (χ1n) is 6.45. The maximum atomic E-state index is 11.9. The first-order chi connectivity index (χ1) is 9.16. The molecule has 0 aliphatic heterocycles. The number of ketones is 2. The second-order valence-corrected chi connectivity index (χ2v) is 4.51. The largest absolute Gasteiger partial charge is 0.507 e. The van der Waals surface area contributed by atoms with Crippen LogP contribution in [0.3, 0.4) is 0 Å². The van der Waals surface area contributed by atoms with Crippen LogP contribution in [0.2, 0.25) is 0 Å². The summed E-state index contributed by atoms with van der Waals surface area (Å²) in [5, 5.41) is 10.1. The number of Topliss-reactive ketones (excluding diaryl/α,β-unsaturated/α-hetero) is 2. The van der Waals surface area contributed by atoms with Crippen LogP contribution in [0.15, 0.2) is 42.0 Å². The Hall–Kier alpha value is -2.16. The first-order valence-corrected chi connectivity index (χ1v) is 6.45. The molecule has 0 fully saturated rings. The Balaban J connectivity index is 2.40. The Bertz CT molecular complexity index is 579. The van der Waals surface area contributed by atoms with E-state index in [-0.39, 0.29) is 16.9 Å². The molecule has 0 radical (unpaired) electrons. The fourth-order valence-corrected chi connectivity index (χ4v) is 2.06. The molecule has 19 heavy (non-hydrogen) atoms. The van der Waals surface area contributed by atoms with Gasteiger partial charge in [-0.3, -0.25) is 9.59 Å². The highest BCUT2D eigenvalue weighted by molar-refractivity contribution is 6.52. The number of carbonyl (C=O) groups is 2. The van der Waals surface area contributed by atoms with Gasteiger partial charge < -0.3 is 5.11 Å². The van der Waals surface area contributed by atoms with Gasteiger partial charge in [-0.2, -0.15) is 0 Å². The molecule has 98 valence electrons. The molecule has 0 spiro atoms. The second-order valence-electron chi connectivity index (χ2n) is 4.51. The molecule has 3 heteroatoms. The first kappa shape index (κ1) is 13.3. The highest BCUT2D eigenvalue weighted by Gasteiger charge is 2.30. The van der Waals surface area contributed by atoms with Crippen molar-refractivity contribution in [2.24, 2.45) is 0 Å². The van der Waals surface area contributed by atoms with Crippen molar-refractivity contribution in [1.82, 2.24) is 0 Å². The van der Waals surface area contributed by atoms with Crippen LogP contribution in [0, 0.1) is 0 Å². The predicted octanol–water partition coefficient (Wildman–Crippen LogP) is 3.47. The van der Waals surface area contributed by atoms with Crippen LogP contribution >= 0.6 is 0 Å². The summed E-state index contributed by atoms with van der Waals surface area (Å²) in [6, 6.07) is 6.62. The van der Waals surface area contributed by atoms with E-state index in [2.05, 4.69) is 6.92 Å². The van der Waals surface area contributed by atoms with Crippen molar-refractivity contribution < 1.29 is 14.7 Å². The molecule has 0 bridgehead atoms. The number of benzene rings is 1. The van der Waals surface area contributed by atoms with E-state index in [4.69, 9.17) is 0 Å². The molecule has 0 aromatic heterocycles. The topological polar surface area (TPSA) is 54.4 Å². The summed E-state index contributed by atoms with van der Waals surface area (Å²) in [6.45, 7) is 2.08. The summed E-state index contributed by atoms with van der Waals surface area (Å²) in [6.07, 6.45) is 6.29. The van der Waals surface area contributed by atoms with Crippen molar-refractivity contribution in [3.63, 3.8) is 0 Å².